The van der Waals surface area contributed by atoms with Crippen molar-refractivity contribution in [3.63, 3.8) is 0 Å². The number of nitro benzene ring substituents is 1. The monoisotopic (exact) mass is 274 g/mol. The van der Waals surface area contributed by atoms with E-state index >= 15 is 0 Å². The summed E-state index contributed by atoms with van der Waals surface area (Å²) in [4.78, 5) is 10.3. The second-order valence-electron chi connectivity index (χ2n) is 4.88. The van der Waals surface area contributed by atoms with Crippen molar-refractivity contribution in [1.82, 2.24) is 9.78 Å². The third kappa shape index (κ3) is 2.64. The minimum Gasteiger partial charge on any atom is -0.381 e. The van der Waals surface area contributed by atoms with Crippen LogP contribution in [0.1, 0.15) is 22.5 Å². The first-order chi connectivity index (χ1) is 9.40. The Morgan fingerprint density at radius 1 is 1.35 bits per heavy atom. The van der Waals surface area contributed by atoms with E-state index in [1.54, 1.807) is 12.1 Å². The number of rotatable bonds is 4. The predicted molar refractivity (Wildman–Crippen MR) is 77.8 cm³/mol. The van der Waals surface area contributed by atoms with Gasteiger partial charge in [0.25, 0.3) is 5.69 Å². The molecule has 20 heavy (non-hydrogen) atoms. The summed E-state index contributed by atoms with van der Waals surface area (Å²) in [6, 6.07) is 4.83. The Morgan fingerprint density at radius 2 is 2.05 bits per heavy atom. The van der Waals surface area contributed by atoms with Gasteiger partial charge >= 0.3 is 0 Å². The molecule has 0 fully saturated rings. The highest BCUT2D eigenvalue weighted by Gasteiger charge is 2.11. The normalized spacial score (nSPS) is 10.6. The van der Waals surface area contributed by atoms with Gasteiger partial charge in [-0.05, 0) is 32.4 Å². The highest BCUT2D eigenvalue weighted by atomic mass is 16.6. The standard InChI is InChI=1S/C14H18N4O2/c1-9-7-12(18(19)20)5-6-14(9)15-8-13-10(2)16-17(4)11(13)3/h5-7,15H,8H2,1-4H3. The molecule has 0 amide bonds. The Bertz CT molecular complexity index is 661. The van der Waals surface area contributed by atoms with E-state index in [1.165, 1.54) is 6.07 Å². The molecule has 0 spiro atoms. The van der Waals surface area contributed by atoms with Crippen molar-refractivity contribution in [2.75, 3.05) is 5.32 Å². The smallest absolute Gasteiger partial charge is 0.269 e. The maximum absolute atomic E-state index is 10.7. The van der Waals surface area contributed by atoms with Gasteiger partial charge in [0.2, 0.25) is 0 Å². The second-order valence-corrected chi connectivity index (χ2v) is 4.88. The lowest BCUT2D eigenvalue weighted by Gasteiger charge is -2.09. The zero-order valence-corrected chi connectivity index (χ0v) is 12.1. The van der Waals surface area contributed by atoms with Crippen LogP contribution in [0.15, 0.2) is 18.2 Å². The van der Waals surface area contributed by atoms with Gasteiger partial charge in [-0.1, -0.05) is 0 Å². The molecule has 6 heteroatoms. The van der Waals surface area contributed by atoms with Crippen LogP contribution in [0.5, 0.6) is 0 Å². The number of nitro groups is 1. The van der Waals surface area contributed by atoms with Gasteiger partial charge in [0.05, 0.1) is 10.6 Å². The molecule has 0 unspecified atom stereocenters. The number of anilines is 1. The molecule has 1 aromatic heterocycles. The lowest BCUT2D eigenvalue weighted by atomic mass is 10.1. The molecule has 1 heterocycles. The van der Waals surface area contributed by atoms with E-state index in [2.05, 4.69) is 10.4 Å². The number of benzene rings is 1. The molecule has 0 atom stereocenters. The first kappa shape index (κ1) is 14.0. The summed E-state index contributed by atoms with van der Waals surface area (Å²) in [6.45, 7) is 6.52. The fourth-order valence-electron chi connectivity index (χ4n) is 2.22. The quantitative estimate of drug-likeness (QED) is 0.687. The summed E-state index contributed by atoms with van der Waals surface area (Å²) < 4.78 is 1.86. The fourth-order valence-corrected chi connectivity index (χ4v) is 2.22. The number of nitrogens with one attached hydrogen (secondary N) is 1. The van der Waals surface area contributed by atoms with Crippen LogP contribution in [0, 0.1) is 30.9 Å². The van der Waals surface area contributed by atoms with Crippen molar-refractivity contribution in [2.45, 2.75) is 27.3 Å². The molecule has 0 saturated heterocycles. The Morgan fingerprint density at radius 3 is 2.55 bits per heavy atom. The average Bonchev–Trinajstić information content (AvgIpc) is 2.62. The van der Waals surface area contributed by atoms with Gasteiger partial charge in [0.15, 0.2) is 0 Å². The van der Waals surface area contributed by atoms with Crippen molar-refractivity contribution in [3.05, 3.63) is 50.8 Å². The Balaban J connectivity index is 2.17. The zero-order chi connectivity index (χ0) is 14.9. The van der Waals surface area contributed by atoms with Crippen LogP contribution in [0.4, 0.5) is 11.4 Å². The van der Waals surface area contributed by atoms with Crippen LogP contribution >= 0.6 is 0 Å². The van der Waals surface area contributed by atoms with Crippen LogP contribution in [-0.2, 0) is 13.6 Å². The molecule has 0 bridgehead atoms. The number of hydrogen-bond donors (Lipinski definition) is 1. The van der Waals surface area contributed by atoms with Crippen LogP contribution in [0.25, 0.3) is 0 Å². The number of nitrogens with zero attached hydrogens (tertiary/aromatic N) is 3. The van der Waals surface area contributed by atoms with Crippen LogP contribution < -0.4 is 5.32 Å². The van der Waals surface area contributed by atoms with Gasteiger partial charge in [-0.3, -0.25) is 14.8 Å². The fraction of sp³-hybridized carbons (Fsp3) is 0.357. The topological polar surface area (TPSA) is 73.0 Å². The van der Waals surface area contributed by atoms with Crippen LogP contribution in [-0.4, -0.2) is 14.7 Å². The number of non-ortho nitro benzene ring substituents is 1. The first-order valence-corrected chi connectivity index (χ1v) is 6.38. The molecule has 2 rings (SSSR count). The number of hydrogen-bond acceptors (Lipinski definition) is 4. The van der Waals surface area contributed by atoms with E-state index in [4.69, 9.17) is 0 Å². The summed E-state index contributed by atoms with van der Waals surface area (Å²) in [6.07, 6.45) is 0. The van der Waals surface area contributed by atoms with Gasteiger partial charge in [-0.15, -0.1) is 0 Å². The molecule has 1 N–H and O–H groups in total. The number of aryl methyl sites for hydroxylation is 3. The van der Waals surface area contributed by atoms with Gasteiger partial charge in [-0.25, -0.2) is 0 Å². The van der Waals surface area contributed by atoms with E-state index in [-0.39, 0.29) is 10.6 Å². The van der Waals surface area contributed by atoms with Gasteiger partial charge < -0.3 is 5.32 Å². The van der Waals surface area contributed by atoms with E-state index in [1.807, 2.05) is 32.5 Å². The van der Waals surface area contributed by atoms with E-state index in [0.717, 1.165) is 28.2 Å². The molecule has 0 aliphatic heterocycles. The van der Waals surface area contributed by atoms with Crippen molar-refractivity contribution >= 4 is 11.4 Å². The SMILES string of the molecule is Cc1cc([N+](=O)[O-])ccc1NCc1c(C)nn(C)c1C. The number of aromatic nitrogens is 2. The van der Waals surface area contributed by atoms with Crippen molar-refractivity contribution < 1.29 is 4.92 Å². The van der Waals surface area contributed by atoms with E-state index < -0.39 is 0 Å². The maximum atomic E-state index is 10.7. The molecule has 2 aromatic rings. The van der Waals surface area contributed by atoms with Crippen LogP contribution in [0.2, 0.25) is 0 Å². The van der Waals surface area contributed by atoms with Gasteiger partial charge in [-0.2, -0.15) is 5.10 Å². The van der Waals surface area contributed by atoms with E-state index in [9.17, 15) is 10.1 Å². The molecule has 0 aliphatic carbocycles. The lowest BCUT2D eigenvalue weighted by Crippen LogP contribution is -2.04. The van der Waals surface area contributed by atoms with Crippen molar-refractivity contribution in [3.8, 4) is 0 Å². The third-order valence-electron chi connectivity index (χ3n) is 3.54. The molecule has 0 saturated carbocycles. The zero-order valence-electron chi connectivity index (χ0n) is 12.1. The van der Waals surface area contributed by atoms with E-state index in [0.29, 0.717) is 6.54 Å². The Kier molecular flexibility index (Phi) is 3.74. The average molecular weight is 274 g/mol. The molecular formula is C14H18N4O2. The maximum Gasteiger partial charge on any atom is 0.269 e. The largest absolute Gasteiger partial charge is 0.381 e. The third-order valence-corrected chi connectivity index (χ3v) is 3.54. The minimum absolute atomic E-state index is 0.113. The van der Waals surface area contributed by atoms with Crippen molar-refractivity contribution in [1.29, 1.82) is 0 Å². The summed E-state index contributed by atoms with van der Waals surface area (Å²) in [5.41, 5.74) is 5.15. The van der Waals surface area contributed by atoms with Crippen LogP contribution in [0.3, 0.4) is 0 Å². The predicted octanol–water partition coefficient (Wildman–Crippen LogP) is 2.87. The summed E-state index contributed by atoms with van der Waals surface area (Å²) >= 11 is 0. The molecule has 0 radical (unpaired) electrons. The molecule has 6 nitrogen and oxygen atoms in total. The molecular weight excluding hydrogens is 256 g/mol. The lowest BCUT2D eigenvalue weighted by molar-refractivity contribution is -0.384. The summed E-state index contributed by atoms with van der Waals surface area (Å²) in [5.74, 6) is 0. The Labute approximate surface area is 117 Å². The van der Waals surface area contributed by atoms with Gasteiger partial charge in [0, 0.05) is 42.7 Å². The molecule has 106 valence electrons. The highest BCUT2D eigenvalue weighted by molar-refractivity contribution is 5.55. The van der Waals surface area contributed by atoms with Gasteiger partial charge in [0.1, 0.15) is 0 Å². The summed E-state index contributed by atoms with van der Waals surface area (Å²) in [7, 11) is 1.92. The van der Waals surface area contributed by atoms with Crippen molar-refractivity contribution in [2.24, 2.45) is 7.05 Å². The Hall–Kier alpha value is -2.37. The summed E-state index contributed by atoms with van der Waals surface area (Å²) in [5, 5.41) is 18.4. The second kappa shape index (κ2) is 5.32. The first-order valence-electron chi connectivity index (χ1n) is 6.38. The minimum atomic E-state index is -0.383. The highest BCUT2D eigenvalue weighted by Crippen LogP contribution is 2.22. The molecule has 1 aromatic carbocycles. The molecule has 0 aliphatic rings.